The lowest BCUT2D eigenvalue weighted by atomic mass is 9.78. The van der Waals surface area contributed by atoms with Crippen molar-refractivity contribution in [3.8, 4) is 5.75 Å². The Hall–Kier alpha value is -0.990. The summed E-state index contributed by atoms with van der Waals surface area (Å²) in [5, 5.41) is 1.39. The Bertz CT molecular complexity index is 1330. The molecule has 0 amide bonds. The summed E-state index contributed by atoms with van der Waals surface area (Å²) >= 11 is 6.58. The van der Waals surface area contributed by atoms with Gasteiger partial charge in [0, 0.05) is 40.0 Å². The molecule has 1 fully saturated rings. The minimum absolute atomic E-state index is 0.0859. The van der Waals surface area contributed by atoms with Crippen LogP contribution in [0.15, 0.2) is 48.5 Å². The molecule has 1 saturated heterocycles. The molecular formula is C28H28I3NO4. The molecule has 0 aromatic heterocycles. The summed E-state index contributed by atoms with van der Waals surface area (Å²) in [6.07, 6.45) is 1.35. The third kappa shape index (κ3) is 5.70. The van der Waals surface area contributed by atoms with E-state index in [0.29, 0.717) is 27.6 Å². The molecule has 0 radical (unpaired) electrons. The van der Waals surface area contributed by atoms with E-state index in [9.17, 15) is 9.59 Å². The number of benzene rings is 3. The van der Waals surface area contributed by atoms with Crippen LogP contribution < -0.4 is 4.74 Å². The molecule has 1 aliphatic heterocycles. The Kier molecular flexibility index (Phi) is 8.29. The number of hydrogen-bond donors (Lipinski definition) is 0. The Morgan fingerprint density at radius 3 is 2.11 bits per heavy atom. The molecule has 0 spiro atoms. The SMILES string of the molecule is CN1C(C)(C)CC(OC(=O)c2ccc(OC(=O)c3cc(I)cc(I)c3I)c3ccccc23)CC1(C)C. The second-order valence-electron chi connectivity index (χ2n) is 10.4. The van der Waals surface area contributed by atoms with Crippen LogP contribution in [0, 0.1) is 10.7 Å². The van der Waals surface area contributed by atoms with Gasteiger partial charge in [-0.15, -0.1) is 0 Å². The van der Waals surface area contributed by atoms with Crippen LogP contribution in [-0.2, 0) is 4.74 Å². The molecule has 190 valence electrons. The second-order valence-corrected chi connectivity index (χ2v) is 13.9. The largest absolute Gasteiger partial charge is 0.459 e. The van der Waals surface area contributed by atoms with Gasteiger partial charge in [0.1, 0.15) is 11.9 Å². The molecule has 0 unspecified atom stereocenters. The molecule has 4 rings (SSSR count). The maximum Gasteiger partial charge on any atom is 0.344 e. The molecule has 1 aliphatic rings. The lowest BCUT2D eigenvalue weighted by Gasteiger charge is -2.53. The quantitative estimate of drug-likeness (QED) is 0.117. The van der Waals surface area contributed by atoms with E-state index in [-0.39, 0.29) is 23.2 Å². The van der Waals surface area contributed by atoms with Gasteiger partial charge < -0.3 is 9.47 Å². The maximum atomic E-state index is 13.4. The standard InChI is InChI=1S/C28H28I3NO4/c1-27(2)14-17(15-28(3,4)32(27)5)35-25(33)20-10-11-23(19-9-7-6-8-18(19)20)36-26(34)21-12-16(29)13-22(30)24(21)31/h6-13,17H,14-15H2,1-5H3. The van der Waals surface area contributed by atoms with E-state index in [4.69, 9.17) is 9.47 Å². The highest BCUT2D eigenvalue weighted by Gasteiger charge is 2.44. The van der Waals surface area contributed by atoms with E-state index in [1.807, 2.05) is 36.4 Å². The van der Waals surface area contributed by atoms with E-state index in [1.165, 1.54) is 0 Å². The fraction of sp³-hybridized carbons (Fsp3) is 0.357. The van der Waals surface area contributed by atoms with Crippen LogP contribution in [-0.4, -0.2) is 41.1 Å². The number of piperidine rings is 1. The van der Waals surface area contributed by atoms with Crippen molar-refractivity contribution in [1.82, 2.24) is 4.90 Å². The van der Waals surface area contributed by atoms with Crippen LogP contribution >= 0.6 is 67.8 Å². The number of likely N-dealkylation sites (tertiary alicyclic amines) is 1. The number of rotatable bonds is 4. The van der Waals surface area contributed by atoms with E-state index >= 15 is 0 Å². The summed E-state index contributed by atoms with van der Waals surface area (Å²) in [5.74, 6) is -0.363. The van der Waals surface area contributed by atoms with Gasteiger partial charge in [-0.05, 0) is 132 Å². The lowest BCUT2D eigenvalue weighted by Crippen LogP contribution is -2.60. The van der Waals surface area contributed by atoms with Crippen molar-refractivity contribution in [3.63, 3.8) is 0 Å². The van der Waals surface area contributed by atoms with Crippen LogP contribution in [0.1, 0.15) is 61.3 Å². The molecule has 8 heteroatoms. The van der Waals surface area contributed by atoms with Gasteiger partial charge in [-0.25, -0.2) is 9.59 Å². The number of fused-ring (bicyclic) bond motifs is 1. The summed E-state index contributed by atoms with van der Waals surface area (Å²) < 4.78 is 14.7. The zero-order valence-corrected chi connectivity index (χ0v) is 27.3. The smallest absolute Gasteiger partial charge is 0.344 e. The second kappa shape index (κ2) is 10.6. The van der Waals surface area contributed by atoms with Crippen molar-refractivity contribution in [1.29, 1.82) is 0 Å². The van der Waals surface area contributed by atoms with Crippen LogP contribution in [0.2, 0.25) is 0 Å². The molecule has 36 heavy (non-hydrogen) atoms. The fourth-order valence-electron chi connectivity index (χ4n) is 4.98. The van der Waals surface area contributed by atoms with Crippen LogP contribution in [0.5, 0.6) is 5.75 Å². The molecule has 0 N–H and O–H groups in total. The van der Waals surface area contributed by atoms with Crippen molar-refractivity contribution in [3.05, 3.63) is 70.4 Å². The molecular weight excluding hydrogens is 795 g/mol. The number of carbonyl (C=O) groups is 2. The summed E-state index contributed by atoms with van der Waals surface area (Å²) in [4.78, 5) is 28.8. The average Bonchev–Trinajstić information content (AvgIpc) is 2.79. The van der Waals surface area contributed by atoms with Gasteiger partial charge in [0.15, 0.2) is 0 Å². The highest BCUT2D eigenvalue weighted by atomic mass is 127. The first-order valence-corrected chi connectivity index (χ1v) is 14.9. The minimum atomic E-state index is -0.424. The summed E-state index contributed by atoms with van der Waals surface area (Å²) in [5.41, 5.74) is 0.819. The van der Waals surface area contributed by atoms with Gasteiger partial charge in [0.25, 0.3) is 0 Å². The van der Waals surface area contributed by atoms with Gasteiger partial charge in [-0.2, -0.15) is 0 Å². The number of carbonyl (C=O) groups excluding carboxylic acids is 2. The first kappa shape index (κ1) is 28.0. The zero-order chi connectivity index (χ0) is 26.4. The van der Waals surface area contributed by atoms with Gasteiger partial charge in [0.2, 0.25) is 0 Å². The van der Waals surface area contributed by atoms with Gasteiger partial charge in [0.05, 0.1) is 11.1 Å². The van der Waals surface area contributed by atoms with Crippen molar-refractivity contribution >= 4 is 90.5 Å². The normalized spacial score (nSPS) is 17.7. The predicted octanol–water partition coefficient (Wildman–Crippen LogP) is 7.68. The highest BCUT2D eigenvalue weighted by Crippen LogP contribution is 2.39. The molecule has 1 heterocycles. The number of nitrogens with zero attached hydrogens (tertiary/aromatic N) is 1. The third-order valence-corrected chi connectivity index (χ3v) is 10.7. The van der Waals surface area contributed by atoms with E-state index in [1.54, 1.807) is 12.1 Å². The Morgan fingerprint density at radius 1 is 0.861 bits per heavy atom. The Labute approximate surface area is 253 Å². The lowest BCUT2D eigenvalue weighted by molar-refractivity contribution is -0.0731. The number of ether oxygens (including phenoxy) is 2. The van der Waals surface area contributed by atoms with Crippen LogP contribution in [0.3, 0.4) is 0 Å². The van der Waals surface area contributed by atoms with Crippen LogP contribution in [0.4, 0.5) is 0 Å². The average molecular weight is 823 g/mol. The van der Waals surface area contributed by atoms with E-state index in [0.717, 1.165) is 23.6 Å². The first-order chi connectivity index (χ1) is 16.8. The molecule has 3 aromatic carbocycles. The van der Waals surface area contributed by atoms with Crippen LogP contribution in [0.25, 0.3) is 10.8 Å². The van der Waals surface area contributed by atoms with Gasteiger partial charge in [-0.3, -0.25) is 4.90 Å². The zero-order valence-electron chi connectivity index (χ0n) is 20.8. The highest BCUT2D eigenvalue weighted by molar-refractivity contribution is 14.1. The molecule has 0 aliphatic carbocycles. The van der Waals surface area contributed by atoms with Crippen molar-refractivity contribution in [2.75, 3.05) is 7.05 Å². The van der Waals surface area contributed by atoms with E-state index < -0.39 is 5.97 Å². The van der Waals surface area contributed by atoms with Crippen molar-refractivity contribution in [2.24, 2.45) is 0 Å². The minimum Gasteiger partial charge on any atom is -0.459 e. The van der Waals surface area contributed by atoms with Gasteiger partial charge in [-0.1, -0.05) is 24.3 Å². The number of hydrogen-bond acceptors (Lipinski definition) is 5. The molecule has 5 nitrogen and oxygen atoms in total. The topological polar surface area (TPSA) is 55.8 Å². The van der Waals surface area contributed by atoms with E-state index in [2.05, 4.69) is 107 Å². The summed E-state index contributed by atoms with van der Waals surface area (Å²) in [7, 11) is 2.13. The number of esters is 2. The fourth-order valence-corrected chi connectivity index (χ4v) is 7.35. The molecule has 0 saturated carbocycles. The first-order valence-electron chi connectivity index (χ1n) is 11.6. The monoisotopic (exact) mass is 823 g/mol. The van der Waals surface area contributed by atoms with Crippen molar-refractivity contribution < 1.29 is 19.1 Å². The summed E-state index contributed by atoms with van der Waals surface area (Å²) in [6.45, 7) is 8.74. The predicted molar refractivity (Wildman–Crippen MR) is 168 cm³/mol. The van der Waals surface area contributed by atoms with Crippen molar-refractivity contribution in [2.45, 2.75) is 57.7 Å². The molecule has 3 aromatic rings. The molecule has 0 bridgehead atoms. The van der Waals surface area contributed by atoms with Gasteiger partial charge >= 0.3 is 11.9 Å². The molecule has 0 atom stereocenters. The summed E-state index contributed by atoms with van der Waals surface area (Å²) in [6, 6.07) is 14.7. The number of halogens is 3. The third-order valence-electron chi connectivity index (χ3n) is 7.06. The maximum absolute atomic E-state index is 13.4. The Morgan fingerprint density at radius 2 is 1.47 bits per heavy atom. The Balaban J connectivity index is 1.62.